The van der Waals surface area contributed by atoms with E-state index in [1.807, 2.05) is 6.92 Å². The predicted octanol–water partition coefficient (Wildman–Crippen LogP) is 1.86. The van der Waals surface area contributed by atoms with Crippen LogP contribution in [0.2, 0.25) is 0 Å². The minimum Gasteiger partial charge on any atom is -0.316 e. The van der Waals surface area contributed by atoms with E-state index in [0.717, 1.165) is 11.1 Å². The first-order chi connectivity index (χ1) is 9.07. The number of hydrogen-bond acceptors (Lipinski definition) is 3. The summed E-state index contributed by atoms with van der Waals surface area (Å²) >= 11 is 0. The van der Waals surface area contributed by atoms with Gasteiger partial charge in [-0.05, 0) is 43.7 Å². The van der Waals surface area contributed by atoms with Gasteiger partial charge in [0.25, 0.3) is 0 Å². The van der Waals surface area contributed by atoms with Crippen molar-refractivity contribution in [3.8, 4) is 0 Å². The molecule has 114 valence electrons. The number of halogens is 3. The van der Waals surface area contributed by atoms with Gasteiger partial charge in [0.05, 0.1) is 4.90 Å². The van der Waals surface area contributed by atoms with Crippen LogP contribution in [0.5, 0.6) is 0 Å². The zero-order chi connectivity index (χ0) is 15.6. The predicted molar refractivity (Wildman–Crippen MR) is 69.9 cm³/mol. The van der Waals surface area contributed by atoms with Crippen LogP contribution in [0.4, 0.5) is 13.2 Å². The van der Waals surface area contributed by atoms with Crippen LogP contribution < -0.4 is 10.0 Å². The zero-order valence-corrected chi connectivity index (χ0v) is 12.2. The summed E-state index contributed by atoms with van der Waals surface area (Å²) in [6.07, 6.45) is -4.58. The standard InChI is InChI=1S/C12H17F3N2O2S/c1-8-4-9(2)11(5-10(8)6-16-3)20(18,19)17-7-12(13,14)15/h4-5,16-17H,6-7H2,1-3H3. The highest BCUT2D eigenvalue weighted by molar-refractivity contribution is 7.89. The van der Waals surface area contributed by atoms with E-state index in [1.165, 1.54) is 6.07 Å². The van der Waals surface area contributed by atoms with E-state index in [4.69, 9.17) is 0 Å². The second kappa shape index (κ2) is 6.11. The molecule has 1 aromatic rings. The summed E-state index contributed by atoms with van der Waals surface area (Å²) in [5.74, 6) is 0. The number of nitrogens with one attached hydrogen (secondary N) is 2. The molecule has 0 fully saturated rings. The number of sulfonamides is 1. The summed E-state index contributed by atoms with van der Waals surface area (Å²) in [5, 5.41) is 2.88. The van der Waals surface area contributed by atoms with Crippen molar-refractivity contribution >= 4 is 10.0 Å². The molecule has 0 aromatic heterocycles. The quantitative estimate of drug-likeness (QED) is 0.873. The fraction of sp³-hybridized carbons (Fsp3) is 0.500. The summed E-state index contributed by atoms with van der Waals surface area (Å²) in [7, 11) is -2.48. The van der Waals surface area contributed by atoms with Gasteiger partial charge in [0.2, 0.25) is 10.0 Å². The van der Waals surface area contributed by atoms with Crippen molar-refractivity contribution in [2.45, 2.75) is 31.5 Å². The average Bonchev–Trinajstić information content (AvgIpc) is 2.29. The molecule has 0 saturated carbocycles. The summed E-state index contributed by atoms with van der Waals surface area (Å²) in [6.45, 7) is 2.23. The maximum absolute atomic E-state index is 12.1. The summed E-state index contributed by atoms with van der Waals surface area (Å²) < 4.78 is 61.8. The van der Waals surface area contributed by atoms with E-state index in [0.29, 0.717) is 12.1 Å². The highest BCUT2D eigenvalue weighted by atomic mass is 32.2. The fourth-order valence-electron chi connectivity index (χ4n) is 1.80. The Morgan fingerprint density at radius 1 is 1.15 bits per heavy atom. The smallest absolute Gasteiger partial charge is 0.316 e. The lowest BCUT2D eigenvalue weighted by Gasteiger charge is -2.14. The first-order valence-corrected chi connectivity index (χ1v) is 7.36. The Morgan fingerprint density at radius 2 is 1.75 bits per heavy atom. The molecule has 0 unspecified atom stereocenters. The lowest BCUT2D eigenvalue weighted by atomic mass is 10.1. The Balaban J connectivity index is 3.14. The largest absolute Gasteiger partial charge is 0.402 e. The third kappa shape index (κ3) is 4.46. The molecule has 0 heterocycles. The topological polar surface area (TPSA) is 58.2 Å². The maximum atomic E-state index is 12.1. The van der Waals surface area contributed by atoms with E-state index < -0.39 is 22.7 Å². The molecule has 0 saturated heterocycles. The van der Waals surface area contributed by atoms with Gasteiger partial charge in [-0.2, -0.15) is 13.2 Å². The van der Waals surface area contributed by atoms with Crippen LogP contribution in [0, 0.1) is 13.8 Å². The number of aryl methyl sites for hydroxylation is 2. The van der Waals surface area contributed by atoms with Crippen molar-refractivity contribution in [3.63, 3.8) is 0 Å². The molecular weight excluding hydrogens is 293 g/mol. The molecule has 1 rings (SSSR count). The second-order valence-electron chi connectivity index (χ2n) is 4.51. The van der Waals surface area contributed by atoms with Crippen LogP contribution in [-0.4, -0.2) is 28.2 Å². The van der Waals surface area contributed by atoms with Gasteiger partial charge in [0.1, 0.15) is 6.54 Å². The molecule has 0 aliphatic rings. The summed E-state index contributed by atoms with van der Waals surface area (Å²) in [4.78, 5) is -0.127. The molecule has 0 atom stereocenters. The Bertz CT molecular complexity index is 583. The second-order valence-corrected chi connectivity index (χ2v) is 6.25. The zero-order valence-electron chi connectivity index (χ0n) is 11.4. The van der Waals surface area contributed by atoms with Crippen molar-refractivity contribution in [3.05, 3.63) is 28.8 Å². The summed E-state index contributed by atoms with van der Waals surface area (Å²) in [6, 6.07) is 3.05. The Morgan fingerprint density at radius 3 is 2.25 bits per heavy atom. The maximum Gasteiger partial charge on any atom is 0.402 e. The van der Waals surface area contributed by atoms with Gasteiger partial charge >= 0.3 is 6.18 Å². The van der Waals surface area contributed by atoms with E-state index in [2.05, 4.69) is 5.32 Å². The van der Waals surface area contributed by atoms with Gasteiger partial charge in [-0.25, -0.2) is 13.1 Å². The molecule has 0 bridgehead atoms. The van der Waals surface area contributed by atoms with Crippen molar-refractivity contribution in [2.75, 3.05) is 13.6 Å². The van der Waals surface area contributed by atoms with E-state index in [-0.39, 0.29) is 4.90 Å². The summed E-state index contributed by atoms with van der Waals surface area (Å²) in [5.41, 5.74) is 2.02. The first kappa shape index (κ1) is 16.9. The lowest BCUT2D eigenvalue weighted by Crippen LogP contribution is -2.34. The van der Waals surface area contributed by atoms with Crippen LogP contribution in [-0.2, 0) is 16.6 Å². The van der Waals surface area contributed by atoms with Gasteiger partial charge in [0.15, 0.2) is 0 Å². The molecule has 1 aromatic carbocycles. The van der Waals surface area contributed by atoms with Crippen molar-refractivity contribution < 1.29 is 21.6 Å². The Labute approximate surface area is 116 Å². The molecule has 0 spiro atoms. The van der Waals surface area contributed by atoms with E-state index >= 15 is 0 Å². The van der Waals surface area contributed by atoms with Crippen molar-refractivity contribution in [1.82, 2.24) is 10.0 Å². The highest BCUT2D eigenvalue weighted by Crippen LogP contribution is 2.21. The van der Waals surface area contributed by atoms with Crippen LogP contribution in [0.1, 0.15) is 16.7 Å². The SMILES string of the molecule is CNCc1cc(S(=O)(=O)NCC(F)(F)F)c(C)cc1C. The minimum atomic E-state index is -4.58. The molecule has 0 aliphatic carbocycles. The van der Waals surface area contributed by atoms with Crippen molar-refractivity contribution in [1.29, 1.82) is 0 Å². The van der Waals surface area contributed by atoms with E-state index in [1.54, 1.807) is 24.8 Å². The fourth-order valence-corrected chi connectivity index (χ4v) is 3.09. The van der Waals surface area contributed by atoms with Gasteiger partial charge < -0.3 is 5.32 Å². The van der Waals surface area contributed by atoms with Crippen LogP contribution in [0.15, 0.2) is 17.0 Å². The van der Waals surface area contributed by atoms with Gasteiger partial charge in [-0.15, -0.1) is 0 Å². The highest BCUT2D eigenvalue weighted by Gasteiger charge is 2.30. The molecule has 0 radical (unpaired) electrons. The molecule has 0 aliphatic heterocycles. The van der Waals surface area contributed by atoms with Crippen LogP contribution >= 0.6 is 0 Å². The normalized spacial score (nSPS) is 12.7. The molecule has 0 amide bonds. The molecule has 20 heavy (non-hydrogen) atoms. The minimum absolute atomic E-state index is 0.127. The van der Waals surface area contributed by atoms with E-state index in [9.17, 15) is 21.6 Å². The number of rotatable bonds is 5. The number of hydrogen-bond donors (Lipinski definition) is 2. The third-order valence-electron chi connectivity index (χ3n) is 2.75. The Kier molecular flexibility index (Phi) is 5.17. The average molecular weight is 310 g/mol. The number of benzene rings is 1. The van der Waals surface area contributed by atoms with Crippen molar-refractivity contribution in [2.24, 2.45) is 0 Å². The molecular formula is C12H17F3N2O2S. The van der Waals surface area contributed by atoms with Gasteiger partial charge in [0, 0.05) is 6.54 Å². The van der Waals surface area contributed by atoms with Crippen LogP contribution in [0.3, 0.4) is 0 Å². The van der Waals surface area contributed by atoms with Crippen LogP contribution in [0.25, 0.3) is 0 Å². The third-order valence-corrected chi connectivity index (χ3v) is 4.30. The first-order valence-electron chi connectivity index (χ1n) is 5.88. The molecule has 4 nitrogen and oxygen atoms in total. The molecule has 8 heteroatoms. The van der Waals surface area contributed by atoms with Gasteiger partial charge in [-0.3, -0.25) is 0 Å². The molecule has 2 N–H and O–H groups in total. The monoisotopic (exact) mass is 310 g/mol. The lowest BCUT2D eigenvalue weighted by molar-refractivity contribution is -0.121. The van der Waals surface area contributed by atoms with Gasteiger partial charge in [-0.1, -0.05) is 6.07 Å². The Hall–Kier alpha value is -1.12. The number of alkyl halides is 3.